The van der Waals surface area contributed by atoms with Crippen molar-refractivity contribution in [2.75, 3.05) is 26.2 Å². The average Bonchev–Trinajstić information content (AvgIpc) is 3.31. The Kier molecular flexibility index (Phi) is 5.91. The fraction of sp³-hybridized carbons (Fsp3) is 0.350. The summed E-state index contributed by atoms with van der Waals surface area (Å²) in [7, 11) is -3.62. The number of carbonyl (C=O) groups excluding carboxylic acids is 1. The molecule has 1 saturated heterocycles. The van der Waals surface area contributed by atoms with Crippen molar-refractivity contribution in [3.8, 4) is 5.75 Å². The van der Waals surface area contributed by atoms with Crippen LogP contribution < -0.4 is 0 Å². The Morgan fingerprint density at radius 3 is 2.61 bits per heavy atom. The van der Waals surface area contributed by atoms with Gasteiger partial charge in [0.05, 0.1) is 10.6 Å². The number of piperazine rings is 1. The van der Waals surface area contributed by atoms with Gasteiger partial charge in [0, 0.05) is 38.9 Å². The van der Waals surface area contributed by atoms with Gasteiger partial charge < -0.3 is 10.0 Å². The van der Waals surface area contributed by atoms with Gasteiger partial charge in [-0.1, -0.05) is 12.1 Å². The minimum absolute atomic E-state index is 0.128. The van der Waals surface area contributed by atoms with E-state index in [9.17, 15) is 18.3 Å². The van der Waals surface area contributed by atoms with Crippen LogP contribution in [0.4, 0.5) is 0 Å². The van der Waals surface area contributed by atoms with E-state index in [1.165, 1.54) is 16.1 Å². The van der Waals surface area contributed by atoms with Gasteiger partial charge >= 0.3 is 0 Å². The molecule has 0 radical (unpaired) electrons. The van der Waals surface area contributed by atoms with Crippen LogP contribution in [-0.4, -0.2) is 69.8 Å². The minimum Gasteiger partial charge on any atom is -0.508 e. The van der Waals surface area contributed by atoms with E-state index in [4.69, 9.17) is 0 Å². The molecule has 1 aromatic carbocycles. The number of nitrogens with zero attached hydrogens (tertiary/aromatic N) is 5. The van der Waals surface area contributed by atoms with E-state index < -0.39 is 10.0 Å². The Morgan fingerprint density at radius 1 is 1.23 bits per heavy atom. The number of aromatic nitrogens is 2. The van der Waals surface area contributed by atoms with E-state index in [-0.39, 0.29) is 16.6 Å². The Balaban J connectivity index is 1.43. The molecular formula is C20H23N5O4S2. The summed E-state index contributed by atoms with van der Waals surface area (Å²) in [5.74, 6) is -0.205. The van der Waals surface area contributed by atoms with Gasteiger partial charge in [-0.3, -0.25) is 9.48 Å². The Hall–Kier alpha value is -2.63. The first-order chi connectivity index (χ1) is 14.8. The molecule has 1 aromatic heterocycles. The van der Waals surface area contributed by atoms with E-state index in [0.717, 1.165) is 0 Å². The molecule has 31 heavy (non-hydrogen) atoms. The van der Waals surface area contributed by atoms with Gasteiger partial charge in [0.25, 0.3) is 5.91 Å². The molecule has 164 valence electrons. The normalized spacial score (nSPS) is 19.3. The molecule has 4 rings (SSSR count). The zero-order chi connectivity index (χ0) is 22.2. The fourth-order valence-electron chi connectivity index (χ4n) is 3.47. The molecule has 1 fully saturated rings. The lowest BCUT2D eigenvalue weighted by Crippen LogP contribution is -2.49. The van der Waals surface area contributed by atoms with Gasteiger partial charge in [0.15, 0.2) is 5.17 Å². The van der Waals surface area contributed by atoms with E-state index >= 15 is 0 Å². The van der Waals surface area contributed by atoms with Crippen LogP contribution in [0, 0.1) is 6.92 Å². The highest BCUT2D eigenvalue weighted by atomic mass is 32.2. The molecule has 0 unspecified atom stereocenters. The number of thioether (sulfide) groups is 1. The number of amides is 1. The molecule has 3 heterocycles. The van der Waals surface area contributed by atoms with E-state index in [0.29, 0.717) is 54.1 Å². The molecule has 11 heteroatoms. The Labute approximate surface area is 185 Å². The molecule has 0 atom stereocenters. The van der Waals surface area contributed by atoms with Crippen LogP contribution >= 0.6 is 11.8 Å². The van der Waals surface area contributed by atoms with Crippen LogP contribution in [0.5, 0.6) is 5.75 Å². The van der Waals surface area contributed by atoms with Gasteiger partial charge in [-0.2, -0.15) is 14.4 Å². The topological polar surface area (TPSA) is 108 Å². The molecule has 2 aliphatic rings. The number of amidine groups is 1. The maximum Gasteiger partial charge on any atom is 0.286 e. The second-order valence-electron chi connectivity index (χ2n) is 7.23. The molecule has 2 aliphatic heterocycles. The van der Waals surface area contributed by atoms with Crippen molar-refractivity contribution in [2.45, 2.75) is 25.3 Å². The van der Waals surface area contributed by atoms with Crippen LogP contribution in [0.3, 0.4) is 0 Å². The molecular weight excluding hydrogens is 438 g/mol. The first kappa shape index (κ1) is 21.6. The highest BCUT2D eigenvalue weighted by Gasteiger charge is 2.34. The standard InChI is InChI=1S/C20H23N5O4S2/c1-3-24-13-18(14(2)22-24)31(28,29)25-9-7-23(8-10-25)20-21-19(27)17(30-20)12-15-5-4-6-16(26)11-15/h4-6,11-13,26H,3,7-10H2,1-2H3. The molecule has 1 N–H and O–H groups in total. The van der Waals surface area contributed by atoms with Crippen molar-refractivity contribution in [1.82, 2.24) is 19.0 Å². The van der Waals surface area contributed by atoms with Gasteiger partial charge in [-0.05, 0) is 49.4 Å². The van der Waals surface area contributed by atoms with Crippen molar-refractivity contribution in [1.29, 1.82) is 0 Å². The summed E-state index contributed by atoms with van der Waals surface area (Å²) >= 11 is 1.26. The smallest absolute Gasteiger partial charge is 0.286 e. The van der Waals surface area contributed by atoms with Crippen LogP contribution in [-0.2, 0) is 21.4 Å². The highest BCUT2D eigenvalue weighted by molar-refractivity contribution is 8.18. The molecule has 0 aliphatic carbocycles. The van der Waals surface area contributed by atoms with Crippen LogP contribution in [0.1, 0.15) is 18.2 Å². The predicted molar refractivity (Wildman–Crippen MR) is 119 cm³/mol. The zero-order valence-electron chi connectivity index (χ0n) is 17.2. The number of aromatic hydroxyl groups is 1. The first-order valence-electron chi connectivity index (χ1n) is 9.88. The Morgan fingerprint density at radius 2 is 1.97 bits per heavy atom. The van der Waals surface area contributed by atoms with Crippen LogP contribution in [0.2, 0.25) is 0 Å². The maximum absolute atomic E-state index is 13.0. The third-order valence-corrected chi connectivity index (χ3v) is 8.18. The summed E-state index contributed by atoms with van der Waals surface area (Å²) in [6.45, 7) is 5.71. The fourth-order valence-corrected chi connectivity index (χ4v) is 6.03. The van der Waals surface area contributed by atoms with Crippen molar-refractivity contribution >= 4 is 38.9 Å². The molecule has 1 amide bonds. The minimum atomic E-state index is -3.62. The number of sulfonamides is 1. The number of phenols is 1. The highest BCUT2D eigenvalue weighted by Crippen LogP contribution is 2.31. The number of benzene rings is 1. The number of hydrogen-bond donors (Lipinski definition) is 1. The number of hydrogen-bond acceptors (Lipinski definition) is 7. The van der Waals surface area contributed by atoms with Gasteiger partial charge in [0.2, 0.25) is 10.0 Å². The van der Waals surface area contributed by atoms with Gasteiger partial charge in [0.1, 0.15) is 10.6 Å². The summed E-state index contributed by atoms with van der Waals surface area (Å²) in [6.07, 6.45) is 3.27. The second-order valence-corrected chi connectivity index (χ2v) is 10.1. The van der Waals surface area contributed by atoms with E-state index in [2.05, 4.69) is 10.1 Å². The molecule has 0 bridgehead atoms. The van der Waals surface area contributed by atoms with Crippen molar-refractivity contribution < 1.29 is 18.3 Å². The monoisotopic (exact) mass is 461 g/mol. The number of aliphatic imine (C=N–C) groups is 1. The molecule has 9 nitrogen and oxygen atoms in total. The lowest BCUT2D eigenvalue weighted by Gasteiger charge is -2.34. The summed E-state index contributed by atoms with van der Waals surface area (Å²) in [5.41, 5.74) is 1.21. The van der Waals surface area contributed by atoms with E-state index in [1.807, 2.05) is 11.8 Å². The number of phenolic OH excluding ortho intramolecular Hbond substituents is 1. The van der Waals surface area contributed by atoms with Crippen LogP contribution in [0.25, 0.3) is 6.08 Å². The quantitative estimate of drug-likeness (QED) is 0.693. The van der Waals surface area contributed by atoms with Crippen molar-refractivity contribution in [2.24, 2.45) is 4.99 Å². The molecule has 0 saturated carbocycles. The third kappa shape index (κ3) is 4.39. The average molecular weight is 462 g/mol. The SMILES string of the molecule is CCn1cc(S(=O)(=O)N2CCN(C3=NC(=O)C(=Cc4cccc(O)c4)S3)CC2)c(C)n1. The summed E-state index contributed by atoms with van der Waals surface area (Å²) in [5, 5.41) is 14.4. The Bertz CT molecular complexity index is 1180. The van der Waals surface area contributed by atoms with Crippen molar-refractivity contribution in [3.05, 3.63) is 46.6 Å². The van der Waals surface area contributed by atoms with E-state index in [1.54, 1.807) is 48.1 Å². The summed E-state index contributed by atoms with van der Waals surface area (Å²) in [4.78, 5) is 19.1. The van der Waals surface area contributed by atoms with Gasteiger partial charge in [-0.15, -0.1) is 0 Å². The lowest BCUT2D eigenvalue weighted by molar-refractivity contribution is -0.113. The van der Waals surface area contributed by atoms with Gasteiger partial charge in [-0.25, -0.2) is 8.42 Å². The van der Waals surface area contributed by atoms with Crippen molar-refractivity contribution in [3.63, 3.8) is 0 Å². The summed E-state index contributed by atoms with van der Waals surface area (Å²) in [6, 6.07) is 6.64. The number of carbonyl (C=O) groups is 1. The zero-order valence-corrected chi connectivity index (χ0v) is 18.9. The predicted octanol–water partition coefficient (Wildman–Crippen LogP) is 1.89. The first-order valence-corrected chi connectivity index (χ1v) is 12.1. The lowest BCUT2D eigenvalue weighted by atomic mass is 10.2. The third-order valence-electron chi connectivity index (χ3n) is 5.13. The largest absolute Gasteiger partial charge is 0.508 e. The van der Waals surface area contributed by atoms with Crippen LogP contribution in [0.15, 0.2) is 45.3 Å². The maximum atomic E-state index is 13.0. The number of aryl methyl sites for hydroxylation is 2. The summed E-state index contributed by atoms with van der Waals surface area (Å²) < 4.78 is 29.1. The second kappa shape index (κ2) is 8.48. The molecule has 2 aromatic rings. The molecule has 0 spiro atoms. The number of rotatable bonds is 4.